The molecule has 3 rings (SSSR count). The molecule has 0 radical (unpaired) electrons. The maximum atomic E-state index is 13.4. The van der Waals surface area contributed by atoms with Gasteiger partial charge in [-0.15, -0.1) is 0 Å². The van der Waals surface area contributed by atoms with Gasteiger partial charge in [-0.1, -0.05) is 6.92 Å². The van der Waals surface area contributed by atoms with Crippen molar-refractivity contribution in [3.63, 3.8) is 0 Å². The molecule has 0 aliphatic carbocycles. The lowest BCUT2D eigenvalue weighted by molar-refractivity contribution is 0.186. The Morgan fingerprint density at radius 2 is 2.30 bits per heavy atom. The third-order valence-electron chi connectivity index (χ3n) is 4.76. The standard InChI is InChI=1S/C17H23FN2/c1-3-12(2)20-8-4-5-15(20)9-13-11-19-17-7-6-14(18)10-16(13)17/h6-7,10-12,15,19H,3-5,8-9H2,1-2H3/t12?,15-/m1/s1. The predicted octanol–water partition coefficient (Wildman–Crippen LogP) is 4.11. The Labute approximate surface area is 120 Å². The zero-order valence-electron chi connectivity index (χ0n) is 12.3. The summed E-state index contributed by atoms with van der Waals surface area (Å²) in [6, 6.07) is 6.25. The number of hydrogen-bond acceptors (Lipinski definition) is 1. The van der Waals surface area contributed by atoms with E-state index in [9.17, 15) is 4.39 Å². The summed E-state index contributed by atoms with van der Waals surface area (Å²) in [7, 11) is 0. The van der Waals surface area contributed by atoms with Crippen LogP contribution in [0.5, 0.6) is 0 Å². The molecule has 3 heteroatoms. The lowest BCUT2D eigenvalue weighted by Gasteiger charge is -2.30. The second kappa shape index (κ2) is 5.57. The Kier molecular flexibility index (Phi) is 3.79. The average molecular weight is 274 g/mol. The van der Waals surface area contributed by atoms with Gasteiger partial charge in [0, 0.05) is 29.2 Å². The summed E-state index contributed by atoms with van der Waals surface area (Å²) in [6.07, 6.45) is 6.81. The van der Waals surface area contributed by atoms with E-state index in [0.717, 1.165) is 17.3 Å². The second-order valence-corrected chi connectivity index (χ2v) is 6.00. The number of halogens is 1. The number of likely N-dealkylation sites (tertiary alicyclic amines) is 1. The topological polar surface area (TPSA) is 19.0 Å². The van der Waals surface area contributed by atoms with Crippen LogP contribution in [-0.4, -0.2) is 28.5 Å². The minimum atomic E-state index is -0.149. The first-order chi connectivity index (χ1) is 9.69. The maximum absolute atomic E-state index is 13.4. The minimum absolute atomic E-state index is 0.149. The lowest BCUT2D eigenvalue weighted by atomic mass is 10.0. The van der Waals surface area contributed by atoms with Crippen LogP contribution in [-0.2, 0) is 6.42 Å². The molecular weight excluding hydrogens is 251 g/mol. The molecular formula is C17H23FN2. The number of rotatable bonds is 4. The summed E-state index contributed by atoms with van der Waals surface area (Å²) in [6.45, 7) is 5.77. The first kappa shape index (κ1) is 13.6. The van der Waals surface area contributed by atoms with Gasteiger partial charge in [0.2, 0.25) is 0 Å². The van der Waals surface area contributed by atoms with Crippen LogP contribution < -0.4 is 0 Å². The van der Waals surface area contributed by atoms with Gasteiger partial charge in [0.1, 0.15) is 5.82 Å². The van der Waals surface area contributed by atoms with Gasteiger partial charge in [-0.2, -0.15) is 0 Å². The van der Waals surface area contributed by atoms with Crippen molar-refractivity contribution < 1.29 is 4.39 Å². The molecule has 0 amide bonds. The average Bonchev–Trinajstić information content (AvgIpc) is 3.06. The smallest absolute Gasteiger partial charge is 0.123 e. The minimum Gasteiger partial charge on any atom is -0.361 e. The van der Waals surface area contributed by atoms with Crippen molar-refractivity contribution in [3.05, 3.63) is 35.8 Å². The zero-order valence-corrected chi connectivity index (χ0v) is 12.3. The van der Waals surface area contributed by atoms with Crippen LogP contribution in [0.4, 0.5) is 4.39 Å². The van der Waals surface area contributed by atoms with Crippen LogP contribution in [0.1, 0.15) is 38.7 Å². The van der Waals surface area contributed by atoms with Crippen molar-refractivity contribution >= 4 is 10.9 Å². The van der Waals surface area contributed by atoms with Gasteiger partial charge in [0.15, 0.2) is 0 Å². The van der Waals surface area contributed by atoms with Crippen molar-refractivity contribution in [1.82, 2.24) is 9.88 Å². The van der Waals surface area contributed by atoms with Crippen molar-refractivity contribution in [2.45, 2.75) is 51.6 Å². The summed E-state index contributed by atoms with van der Waals surface area (Å²) >= 11 is 0. The monoisotopic (exact) mass is 274 g/mol. The number of aromatic nitrogens is 1. The number of benzene rings is 1. The van der Waals surface area contributed by atoms with Gasteiger partial charge in [-0.05, 0) is 62.9 Å². The van der Waals surface area contributed by atoms with Crippen LogP contribution in [0.2, 0.25) is 0 Å². The second-order valence-electron chi connectivity index (χ2n) is 6.00. The summed E-state index contributed by atoms with van der Waals surface area (Å²) < 4.78 is 13.4. The number of aromatic amines is 1. The Balaban J connectivity index is 1.84. The molecule has 2 heterocycles. The highest BCUT2D eigenvalue weighted by atomic mass is 19.1. The highest BCUT2D eigenvalue weighted by molar-refractivity contribution is 5.83. The SMILES string of the molecule is CCC(C)N1CCC[C@@H]1Cc1c[nH]c2ccc(F)cc12. The molecule has 1 aromatic heterocycles. The molecule has 1 saturated heterocycles. The van der Waals surface area contributed by atoms with Crippen molar-refractivity contribution in [2.75, 3.05) is 6.54 Å². The van der Waals surface area contributed by atoms with E-state index in [2.05, 4.69) is 29.9 Å². The molecule has 1 aliphatic heterocycles. The first-order valence-corrected chi connectivity index (χ1v) is 7.70. The van der Waals surface area contributed by atoms with Crippen LogP contribution in [0.15, 0.2) is 24.4 Å². The van der Waals surface area contributed by atoms with Gasteiger partial charge in [-0.25, -0.2) is 4.39 Å². The van der Waals surface area contributed by atoms with E-state index in [1.165, 1.54) is 37.4 Å². The highest BCUT2D eigenvalue weighted by Crippen LogP contribution is 2.27. The summed E-state index contributed by atoms with van der Waals surface area (Å²) in [5.41, 5.74) is 2.29. The number of nitrogens with zero attached hydrogens (tertiary/aromatic N) is 1. The molecule has 1 aromatic carbocycles. The normalized spacial score (nSPS) is 21.6. The molecule has 20 heavy (non-hydrogen) atoms. The number of hydrogen-bond donors (Lipinski definition) is 1. The molecule has 2 atom stereocenters. The number of H-pyrrole nitrogens is 1. The Bertz CT molecular complexity index is 590. The molecule has 1 fully saturated rings. The molecule has 108 valence electrons. The highest BCUT2D eigenvalue weighted by Gasteiger charge is 2.28. The largest absolute Gasteiger partial charge is 0.361 e. The Morgan fingerprint density at radius 3 is 3.10 bits per heavy atom. The van der Waals surface area contributed by atoms with Gasteiger partial charge in [0.25, 0.3) is 0 Å². The van der Waals surface area contributed by atoms with E-state index in [0.29, 0.717) is 12.1 Å². The van der Waals surface area contributed by atoms with E-state index < -0.39 is 0 Å². The predicted molar refractivity (Wildman–Crippen MR) is 81.4 cm³/mol. The van der Waals surface area contributed by atoms with E-state index in [-0.39, 0.29) is 5.82 Å². The molecule has 1 N–H and O–H groups in total. The molecule has 2 aromatic rings. The van der Waals surface area contributed by atoms with E-state index in [1.807, 2.05) is 6.07 Å². The third kappa shape index (κ3) is 2.47. The van der Waals surface area contributed by atoms with Crippen molar-refractivity contribution in [2.24, 2.45) is 0 Å². The number of nitrogens with one attached hydrogen (secondary N) is 1. The van der Waals surface area contributed by atoms with E-state index >= 15 is 0 Å². The summed E-state index contributed by atoms with van der Waals surface area (Å²) in [5.74, 6) is -0.149. The molecule has 1 aliphatic rings. The zero-order chi connectivity index (χ0) is 14.1. The first-order valence-electron chi connectivity index (χ1n) is 7.70. The molecule has 0 bridgehead atoms. The van der Waals surface area contributed by atoms with Gasteiger partial charge < -0.3 is 4.98 Å². The van der Waals surface area contributed by atoms with Gasteiger partial charge in [0.05, 0.1) is 0 Å². The third-order valence-corrected chi connectivity index (χ3v) is 4.76. The fourth-order valence-electron chi connectivity index (χ4n) is 3.47. The van der Waals surface area contributed by atoms with E-state index in [1.54, 1.807) is 6.07 Å². The lowest BCUT2D eigenvalue weighted by Crippen LogP contribution is -2.38. The fraction of sp³-hybridized carbons (Fsp3) is 0.529. The van der Waals surface area contributed by atoms with Gasteiger partial charge >= 0.3 is 0 Å². The van der Waals surface area contributed by atoms with Crippen molar-refractivity contribution in [1.29, 1.82) is 0 Å². The van der Waals surface area contributed by atoms with Gasteiger partial charge in [-0.3, -0.25) is 4.90 Å². The van der Waals surface area contributed by atoms with Crippen LogP contribution in [0, 0.1) is 5.82 Å². The quantitative estimate of drug-likeness (QED) is 0.889. The maximum Gasteiger partial charge on any atom is 0.123 e. The summed E-state index contributed by atoms with van der Waals surface area (Å²) in [5, 5.41) is 1.04. The van der Waals surface area contributed by atoms with E-state index in [4.69, 9.17) is 0 Å². The van der Waals surface area contributed by atoms with Crippen LogP contribution in [0.3, 0.4) is 0 Å². The molecule has 1 unspecified atom stereocenters. The summed E-state index contributed by atoms with van der Waals surface area (Å²) in [4.78, 5) is 5.89. The van der Waals surface area contributed by atoms with Crippen LogP contribution in [0.25, 0.3) is 10.9 Å². The fourth-order valence-corrected chi connectivity index (χ4v) is 3.47. The molecule has 2 nitrogen and oxygen atoms in total. The van der Waals surface area contributed by atoms with Crippen LogP contribution >= 0.6 is 0 Å². The number of fused-ring (bicyclic) bond motifs is 1. The molecule has 0 spiro atoms. The Morgan fingerprint density at radius 1 is 1.45 bits per heavy atom. The Hall–Kier alpha value is -1.35. The van der Waals surface area contributed by atoms with Crippen molar-refractivity contribution in [3.8, 4) is 0 Å². The molecule has 0 saturated carbocycles.